The van der Waals surface area contributed by atoms with E-state index in [1.807, 2.05) is 30.3 Å². The number of carbonyl (C=O) groups is 1. The fourth-order valence-electron chi connectivity index (χ4n) is 2.09. The van der Waals surface area contributed by atoms with Crippen LogP contribution in [-0.4, -0.2) is 33.9 Å². The van der Waals surface area contributed by atoms with Gasteiger partial charge in [0.25, 0.3) is 5.56 Å². The first kappa shape index (κ1) is 17.7. The van der Waals surface area contributed by atoms with Gasteiger partial charge in [-0.2, -0.15) is 0 Å². The number of aromatic amines is 1. The summed E-state index contributed by atoms with van der Waals surface area (Å²) >= 11 is 0. The second-order valence-electron chi connectivity index (χ2n) is 5.40. The van der Waals surface area contributed by atoms with E-state index in [1.54, 1.807) is 6.92 Å². The van der Waals surface area contributed by atoms with Crippen LogP contribution in [0.1, 0.15) is 22.8 Å². The molecule has 0 bridgehead atoms. The van der Waals surface area contributed by atoms with Crippen molar-refractivity contribution in [3.8, 4) is 0 Å². The average Bonchev–Trinajstić information content (AvgIpc) is 2.60. The van der Waals surface area contributed by atoms with Crippen molar-refractivity contribution in [1.29, 1.82) is 0 Å². The maximum Gasteiger partial charge on any atom is 0.407 e. The smallest absolute Gasteiger partial charge is 0.407 e. The van der Waals surface area contributed by atoms with Crippen LogP contribution < -0.4 is 10.9 Å². The van der Waals surface area contributed by atoms with Crippen LogP contribution in [0.4, 0.5) is 4.79 Å². The number of rotatable bonds is 6. The lowest BCUT2D eigenvalue weighted by atomic mass is 10.1. The van der Waals surface area contributed by atoms with Crippen LogP contribution in [0.2, 0.25) is 0 Å². The van der Waals surface area contributed by atoms with Crippen molar-refractivity contribution < 1.29 is 19.7 Å². The Labute approximate surface area is 138 Å². The molecule has 1 aromatic carbocycles. The molecule has 0 spiro atoms. The Bertz CT molecular complexity index is 729. The van der Waals surface area contributed by atoms with Gasteiger partial charge in [0.2, 0.25) is 0 Å². The summed E-state index contributed by atoms with van der Waals surface area (Å²) in [5.74, 6) is 0. The van der Waals surface area contributed by atoms with E-state index in [-0.39, 0.29) is 18.7 Å². The zero-order valence-electron chi connectivity index (χ0n) is 13.2. The van der Waals surface area contributed by atoms with Crippen LogP contribution in [0.5, 0.6) is 0 Å². The van der Waals surface area contributed by atoms with E-state index in [0.29, 0.717) is 11.1 Å². The number of pyridine rings is 1. The van der Waals surface area contributed by atoms with E-state index < -0.39 is 18.3 Å². The number of alkyl carbamates (subject to hydrolysis) is 1. The predicted molar refractivity (Wildman–Crippen MR) is 87.4 cm³/mol. The maximum absolute atomic E-state index is 11.6. The van der Waals surface area contributed by atoms with Crippen LogP contribution in [0.3, 0.4) is 0 Å². The van der Waals surface area contributed by atoms with Gasteiger partial charge in [-0.3, -0.25) is 4.79 Å². The van der Waals surface area contributed by atoms with E-state index in [0.717, 1.165) is 5.56 Å². The molecule has 2 atom stereocenters. The fourth-order valence-corrected chi connectivity index (χ4v) is 2.09. The van der Waals surface area contributed by atoms with Gasteiger partial charge in [-0.25, -0.2) is 4.79 Å². The number of ether oxygens (including phenoxy) is 1. The van der Waals surface area contributed by atoms with Crippen molar-refractivity contribution >= 4 is 6.09 Å². The zero-order chi connectivity index (χ0) is 17.5. The normalized spacial score (nSPS) is 13.1. The van der Waals surface area contributed by atoms with Gasteiger partial charge >= 0.3 is 6.09 Å². The number of nitrogens with one attached hydrogen (secondary N) is 2. The number of aliphatic hydroxyl groups excluding tert-OH is 2. The van der Waals surface area contributed by atoms with Crippen molar-refractivity contribution in [3.63, 3.8) is 0 Å². The lowest BCUT2D eigenvalue weighted by Crippen LogP contribution is -2.36. The van der Waals surface area contributed by atoms with Crippen molar-refractivity contribution in [1.82, 2.24) is 10.3 Å². The Morgan fingerprint density at radius 3 is 2.67 bits per heavy atom. The third-order valence-corrected chi connectivity index (χ3v) is 3.49. The molecule has 0 saturated carbocycles. The van der Waals surface area contributed by atoms with Gasteiger partial charge in [-0.15, -0.1) is 0 Å². The van der Waals surface area contributed by atoms with Crippen molar-refractivity contribution in [3.05, 3.63) is 69.6 Å². The minimum Gasteiger partial charge on any atom is -0.445 e. The summed E-state index contributed by atoms with van der Waals surface area (Å²) in [6, 6.07) is 10.7. The fraction of sp³-hybridized carbons (Fsp3) is 0.294. The molecule has 0 fully saturated rings. The molecular weight excluding hydrogens is 312 g/mol. The van der Waals surface area contributed by atoms with Crippen LogP contribution in [-0.2, 0) is 11.3 Å². The quantitative estimate of drug-likeness (QED) is 0.631. The van der Waals surface area contributed by atoms with Gasteiger partial charge in [0, 0.05) is 18.3 Å². The number of amides is 1. The van der Waals surface area contributed by atoms with Gasteiger partial charge in [-0.1, -0.05) is 30.3 Å². The molecule has 0 aliphatic rings. The van der Waals surface area contributed by atoms with Gasteiger partial charge in [0.1, 0.15) is 18.8 Å². The first-order valence-corrected chi connectivity index (χ1v) is 7.47. The number of benzene rings is 1. The number of H-pyrrole nitrogens is 1. The number of hydrogen-bond donors (Lipinski definition) is 4. The van der Waals surface area contributed by atoms with E-state index in [4.69, 9.17) is 4.74 Å². The van der Waals surface area contributed by atoms with Crippen LogP contribution in [0.15, 0.2) is 47.4 Å². The summed E-state index contributed by atoms with van der Waals surface area (Å²) in [6.07, 6.45) is -1.84. The lowest BCUT2D eigenvalue weighted by Gasteiger charge is -2.18. The molecule has 1 aromatic heterocycles. The maximum atomic E-state index is 11.6. The minimum atomic E-state index is -1.24. The Hall–Kier alpha value is -2.64. The molecule has 2 unspecified atom stereocenters. The van der Waals surface area contributed by atoms with Crippen molar-refractivity contribution in [2.75, 3.05) is 6.54 Å². The molecule has 1 amide bonds. The summed E-state index contributed by atoms with van der Waals surface area (Å²) in [5.41, 5.74) is 1.37. The topological polar surface area (TPSA) is 112 Å². The zero-order valence-corrected chi connectivity index (χ0v) is 13.2. The van der Waals surface area contributed by atoms with E-state index in [1.165, 1.54) is 12.3 Å². The summed E-state index contributed by atoms with van der Waals surface area (Å²) in [7, 11) is 0. The van der Waals surface area contributed by atoms with Gasteiger partial charge < -0.3 is 25.3 Å². The standard InChI is InChI=1S/C17H20N2O5/c1-11-7-13(8-18-16(11)22)15(21)14(20)9-19-17(23)24-10-12-5-3-2-4-6-12/h2-8,14-15,20-21H,9-10H2,1H3,(H,18,22)(H,19,23). The van der Waals surface area contributed by atoms with Crippen LogP contribution >= 0.6 is 0 Å². The van der Waals surface area contributed by atoms with Gasteiger partial charge in [0.15, 0.2) is 0 Å². The molecule has 0 aliphatic heterocycles. The molecule has 0 radical (unpaired) electrons. The van der Waals surface area contributed by atoms with E-state index in [9.17, 15) is 19.8 Å². The highest BCUT2D eigenvalue weighted by molar-refractivity contribution is 5.67. The highest BCUT2D eigenvalue weighted by Gasteiger charge is 2.20. The highest BCUT2D eigenvalue weighted by atomic mass is 16.5. The molecule has 24 heavy (non-hydrogen) atoms. The second-order valence-corrected chi connectivity index (χ2v) is 5.40. The average molecular weight is 332 g/mol. The summed E-state index contributed by atoms with van der Waals surface area (Å²) in [4.78, 5) is 25.4. The van der Waals surface area contributed by atoms with Crippen molar-refractivity contribution in [2.45, 2.75) is 25.7 Å². The largest absolute Gasteiger partial charge is 0.445 e. The first-order valence-electron chi connectivity index (χ1n) is 7.47. The third kappa shape index (κ3) is 4.94. The monoisotopic (exact) mass is 332 g/mol. The Morgan fingerprint density at radius 2 is 2.00 bits per heavy atom. The predicted octanol–water partition coefficient (Wildman–Crippen LogP) is 1.00. The Balaban J connectivity index is 1.81. The molecule has 2 aromatic rings. The number of aliphatic hydroxyl groups is 2. The number of hydrogen-bond acceptors (Lipinski definition) is 5. The molecule has 128 valence electrons. The van der Waals surface area contributed by atoms with E-state index >= 15 is 0 Å². The van der Waals surface area contributed by atoms with E-state index in [2.05, 4.69) is 10.3 Å². The number of aromatic nitrogens is 1. The summed E-state index contributed by atoms with van der Waals surface area (Å²) in [6.45, 7) is 1.53. The molecule has 1 heterocycles. The molecule has 2 rings (SSSR count). The van der Waals surface area contributed by atoms with Crippen LogP contribution in [0.25, 0.3) is 0 Å². The molecule has 0 aliphatic carbocycles. The molecular formula is C17H20N2O5. The van der Waals surface area contributed by atoms with Gasteiger partial charge in [-0.05, 0) is 24.1 Å². The molecule has 7 nitrogen and oxygen atoms in total. The Kier molecular flexibility index (Phi) is 6.11. The molecule has 7 heteroatoms. The van der Waals surface area contributed by atoms with Crippen LogP contribution in [0, 0.1) is 6.92 Å². The number of aryl methyl sites for hydroxylation is 1. The number of carbonyl (C=O) groups excluding carboxylic acids is 1. The lowest BCUT2D eigenvalue weighted by molar-refractivity contribution is 0.0181. The minimum absolute atomic E-state index is 0.116. The van der Waals surface area contributed by atoms with Gasteiger partial charge in [0.05, 0.1) is 0 Å². The summed E-state index contributed by atoms with van der Waals surface area (Å²) < 4.78 is 5.01. The molecule has 4 N–H and O–H groups in total. The molecule has 0 saturated heterocycles. The van der Waals surface area contributed by atoms with Crippen molar-refractivity contribution in [2.24, 2.45) is 0 Å². The third-order valence-electron chi connectivity index (χ3n) is 3.49. The highest BCUT2D eigenvalue weighted by Crippen LogP contribution is 2.15. The SMILES string of the molecule is Cc1cc(C(O)C(O)CNC(=O)OCc2ccccc2)c[nH]c1=O. The second kappa shape index (κ2) is 8.28. The first-order chi connectivity index (χ1) is 11.5. The summed E-state index contributed by atoms with van der Waals surface area (Å²) in [5, 5.41) is 22.4. The Morgan fingerprint density at radius 1 is 1.29 bits per heavy atom.